The largest absolute Gasteiger partial charge is 0.356 e. The zero-order valence-electron chi connectivity index (χ0n) is 13.0. The molecule has 5 heteroatoms. The third-order valence-electron chi connectivity index (χ3n) is 4.05. The summed E-state index contributed by atoms with van der Waals surface area (Å²) in [5, 5.41) is 3.66. The van der Waals surface area contributed by atoms with Crippen molar-refractivity contribution in [2.45, 2.75) is 25.8 Å². The number of benzene rings is 1. The van der Waals surface area contributed by atoms with Crippen molar-refractivity contribution in [2.75, 3.05) is 18.0 Å². The quantitative estimate of drug-likeness (QED) is 0.931. The van der Waals surface area contributed by atoms with Crippen molar-refractivity contribution in [1.82, 2.24) is 10.3 Å². The molecule has 2 aromatic rings. The minimum atomic E-state index is -0.0892. The maximum absolute atomic E-state index is 12.5. The Bertz CT molecular complexity index is 666. The van der Waals surface area contributed by atoms with Crippen molar-refractivity contribution < 1.29 is 4.79 Å². The number of hydrogen-bond donors (Lipinski definition) is 1. The van der Waals surface area contributed by atoms with E-state index >= 15 is 0 Å². The van der Waals surface area contributed by atoms with Gasteiger partial charge in [0.15, 0.2) is 0 Å². The maximum Gasteiger partial charge on any atom is 0.255 e. The molecule has 3 rings (SSSR count). The third-order valence-corrected chi connectivity index (χ3v) is 4.31. The van der Waals surface area contributed by atoms with E-state index in [1.165, 1.54) is 6.42 Å². The van der Waals surface area contributed by atoms with Gasteiger partial charge in [-0.1, -0.05) is 23.7 Å². The zero-order chi connectivity index (χ0) is 16.1. The highest BCUT2D eigenvalue weighted by molar-refractivity contribution is 6.30. The minimum absolute atomic E-state index is 0.0892. The first-order chi connectivity index (χ1) is 11.2. The van der Waals surface area contributed by atoms with Crippen LogP contribution in [0.3, 0.4) is 0 Å². The fourth-order valence-corrected chi connectivity index (χ4v) is 2.94. The van der Waals surface area contributed by atoms with Gasteiger partial charge in [0.1, 0.15) is 5.82 Å². The number of pyridine rings is 1. The van der Waals surface area contributed by atoms with Gasteiger partial charge in [0.2, 0.25) is 0 Å². The highest BCUT2D eigenvalue weighted by Crippen LogP contribution is 2.21. The molecule has 1 aliphatic rings. The van der Waals surface area contributed by atoms with E-state index in [0.717, 1.165) is 37.3 Å². The number of carbonyl (C=O) groups excluding carboxylic acids is 1. The summed E-state index contributed by atoms with van der Waals surface area (Å²) in [6.07, 6.45) is 5.31. The summed E-state index contributed by atoms with van der Waals surface area (Å²) < 4.78 is 0. The molecule has 0 aliphatic carbocycles. The summed E-state index contributed by atoms with van der Waals surface area (Å²) in [7, 11) is 0. The number of hydrogen-bond acceptors (Lipinski definition) is 3. The fraction of sp³-hybridized carbons (Fsp3) is 0.333. The van der Waals surface area contributed by atoms with E-state index in [1.54, 1.807) is 6.20 Å². The second-order valence-electron chi connectivity index (χ2n) is 5.73. The Labute approximate surface area is 141 Å². The number of anilines is 1. The predicted molar refractivity (Wildman–Crippen MR) is 92.9 cm³/mol. The van der Waals surface area contributed by atoms with Crippen molar-refractivity contribution in [1.29, 1.82) is 0 Å². The van der Waals surface area contributed by atoms with E-state index in [1.807, 2.05) is 36.4 Å². The highest BCUT2D eigenvalue weighted by atomic mass is 35.5. The first kappa shape index (κ1) is 15.8. The Morgan fingerprint density at radius 3 is 2.61 bits per heavy atom. The molecule has 1 aliphatic heterocycles. The molecule has 0 atom stereocenters. The molecular weight excluding hydrogens is 310 g/mol. The van der Waals surface area contributed by atoms with Gasteiger partial charge in [0.05, 0.1) is 5.56 Å². The summed E-state index contributed by atoms with van der Waals surface area (Å²) in [4.78, 5) is 19.2. The average molecular weight is 330 g/mol. The lowest BCUT2D eigenvalue weighted by molar-refractivity contribution is 0.0951. The molecule has 4 nitrogen and oxygen atoms in total. The molecule has 0 bridgehead atoms. The maximum atomic E-state index is 12.5. The van der Waals surface area contributed by atoms with Gasteiger partial charge in [-0.3, -0.25) is 4.79 Å². The van der Waals surface area contributed by atoms with Crippen molar-refractivity contribution in [2.24, 2.45) is 0 Å². The topological polar surface area (TPSA) is 45.2 Å². The Kier molecular flexibility index (Phi) is 5.13. The molecular formula is C18H20ClN3O. The summed E-state index contributed by atoms with van der Waals surface area (Å²) >= 11 is 5.88. The van der Waals surface area contributed by atoms with Crippen LogP contribution in [-0.4, -0.2) is 24.0 Å². The van der Waals surface area contributed by atoms with Crippen LogP contribution >= 0.6 is 11.6 Å². The molecule has 23 heavy (non-hydrogen) atoms. The average Bonchev–Trinajstić information content (AvgIpc) is 2.62. The Morgan fingerprint density at radius 2 is 1.87 bits per heavy atom. The predicted octanol–water partition coefficient (Wildman–Crippen LogP) is 3.66. The van der Waals surface area contributed by atoms with Gasteiger partial charge in [0.25, 0.3) is 5.91 Å². The number of aromatic nitrogens is 1. The molecule has 0 radical (unpaired) electrons. The molecule has 0 spiro atoms. The van der Waals surface area contributed by atoms with E-state index in [2.05, 4.69) is 15.2 Å². The molecule has 120 valence electrons. The smallest absolute Gasteiger partial charge is 0.255 e. The van der Waals surface area contributed by atoms with Crippen LogP contribution in [0.1, 0.15) is 35.2 Å². The fourth-order valence-electron chi connectivity index (χ4n) is 2.81. The van der Waals surface area contributed by atoms with E-state index < -0.39 is 0 Å². The number of amides is 1. The second kappa shape index (κ2) is 7.47. The number of nitrogens with one attached hydrogen (secondary N) is 1. The summed E-state index contributed by atoms with van der Waals surface area (Å²) in [5.41, 5.74) is 1.66. The lowest BCUT2D eigenvalue weighted by Crippen LogP contribution is -2.33. The van der Waals surface area contributed by atoms with Gasteiger partial charge >= 0.3 is 0 Å². The first-order valence-electron chi connectivity index (χ1n) is 7.96. The van der Waals surface area contributed by atoms with E-state index in [9.17, 15) is 4.79 Å². The van der Waals surface area contributed by atoms with Crippen LogP contribution < -0.4 is 10.2 Å². The van der Waals surface area contributed by atoms with Crippen LogP contribution in [0.2, 0.25) is 5.02 Å². The number of nitrogens with zero attached hydrogens (tertiary/aromatic N) is 2. The normalized spacial score (nSPS) is 14.6. The van der Waals surface area contributed by atoms with Crippen molar-refractivity contribution in [3.8, 4) is 0 Å². The van der Waals surface area contributed by atoms with Gasteiger partial charge in [-0.25, -0.2) is 4.98 Å². The second-order valence-corrected chi connectivity index (χ2v) is 6.17. The van der Waals surface area contributed by atoms with Gasteiger partial charge in [-0.2, -0.15) is 0 Å². The summed E-state index contributed by atoms with van der Waals surface area (Å²) in [6, 6.07) is 11.1. The third kappa shape index (κ3) is 4.02. The summed E-state index contributed by atoms with van der Waals surface area (Å²) in [6.45, 7) is 2.41. The van der Waals surface area contributed by atoms with Crippen LogP contribution in [-0.2, 0) is 6.54 Å². The Balaban J connectivity index is 1.70. The van der Waals surface area contributed by atoms with Crippen molar-refractivity contribution in [3.63, 3.8) is 0 Å². The van der Waals surface area contributed by atoms with E-state index in [-0.39, 0.29) is 5.91 Å². The standard InChI is InChI=1S/C18H20ClN3O/c19-15-8-6-14(7-9-15)13-21-18(23)16-5-4-10-20-17(16)22-11-2-1-3-12-22/h4-10H,1-3,11-13H2,(H,21,23). The van der Waals surface area contributed by atoms with Crippen LogP contribution in [0, 0.1) is 0 Å². The monoisotopic (exact) mass is 329 g/mol. The van der Waals surface area contributed by atoms with Crippen LogP contribution in [0.5, 0.6) is 0 Å². The SMILES string of the molecule is O=C(NCc1ccc(Cl)cc1)c1cccnc1N1CCCCC1. The molecule has 1 N–H and O–H groups in total. The van der Waals surface area contributed by atoms with Crippen molar-refractivity contribution in [3.05, 3.63) is 58.7 Å². The van der Waals surface area contributed by atoms with Crippen LogP contribution in [0.25, 0.3) is 0 Å². The van der Waals surface area contributed by atoms with E-state index in [4.69, 9.17) is 11.6 Å². The molecule has 1 saturated heterocycles. The van der Waals surface area contributed by atoms with Gasteiger partial charge < -0.3 is 10.2 Å². The first-order valence-corrected chi connectivity index (χ1v) is 8.34. The van der Waals surface area contributed by atoms with E-state index in [0.29, 0.717) is 17.1 Å². The lowest BCUT2D eigenvalue weighted by Gasteiger charge is -2.29. The number of piperidine rings is 1. The van der Waals surface area contributed by atoms with Crippen LogP contribution in [0.4, 0.5) is 5.82 Å². The number of halogens is 1. The molecule has 1 aromatic heterocycles. The minimum Gasteiger partial charge on any atom is -0.356 e. The van der Waals surface area contributed by atoms with Gasteiger partial charge in [-0.05, 0) is 49.1 Å². The van der Waals surface area contributed by atoms with Gasteiger partial charge in [0, 0.05) is 30.9 Å². The number of carbonyl (C=O) groups is 1. The molecule has 1 amide bonds. The van der Waals surface area contributed by atoms with Gasteiger partial charge in [-0.15, -0.1) is 0 Å². The Hall–Kier alpha value is -2.07. The molecule has 2 heterocycles. The van der Waals surface area contributed by atoms with Crippen molar-refractivity contribution >= 4 is 23.3 Å². The molecule has 1 aromatic carbocycles. The summed E-state index contributed by atoms with van der Waals surface area (Å²) in [5.74, 6) is 0.703. The molecule has 0 unspecified atom stereocenters. The molecule has 0 saturated carbocycles. The molecule has 1 fully saturated rings. The highest BCUT2D eigenvalue weighted by Gasteiger charge is 2.19. The lowest BCUT2D eigenvalue weighted by atomic mass is 10.1. The zero-order valence-corrected chi connectivity index (χ0v) is 13.7. The van der Waals surface area contributed by atoms with Crippen LogP contribution in [0.15, 0.2) is 42.6 Å². The Morgan fingerprint density at radius 1 is 1.13 bits per heavy atom. The number of rotatable bonds is 4.